The summed E-state index contributed by atoms with van der Waals surface area (Å²) in [7, 11) is 0. The van der Waals surface area contributed by atoms with Crippen molar-refractivity contribution in [3.8, 4) is 0 Å². The van der Waals surface area contributed by atoms with Gasteiger partial charge in [-0.3, -0.25) is 0 Å². The maximum atomic E-state index is 12.0. The highest BCUT2D eigenvalue weighted by Gasteiger charge is 2.25. The molecule has 2 aliphatic rings. The predicted molar refractivity (Wildman–Crippen MR) is 147 cm³/mol. The number of carbonyl (C=O) groups is 1. The van der Waals surface area contributed by atoms with Crippen LogP contribution in [0.2, 0.25) is 0 Å². The monoisotopic (exact) mass is 569 g/mol. The predicted octanol–water partition coefficient (Wildman–Crippen LogP) is 4.57. The second-order valence-corrected chi connectivity index (χ2v) is 9.58. The van der Waals surface area contributed by atoms with E-state index in [2.05, 4.69) is 64.2 Å². The number of ether oxygens (including phenoxy) is 1. The number of guanidine groups is 1. The van der Waals surface area contributed by atoms with Gasteiger partial charge < -0.3 is 25.6 Å². The lowest BCUT2D eigenvalue weighted by atomic mass is 9.91. The van der Waals surface area contributed by atoms with Crippen LogP contribution in [0, 0.1) is 0 Å². The molecule has 0 spiro atoms. The van der Waals surface area contributed by atoms with Gasteiger partial charge in [-0.25, -0.2) is 9.79 Å². The van der Waals surface area contributed by atoms with Crippen LogP contribution in [0.25, 0.3) is 0 Å². The first kappa shape index (κ1) is 27.3. The minimum absolute atomic E-state index is 0. The third-order valence-corrected chi connectivity index (χ3v) is 5.67. The summed E-state index contributed by atoms with van der Waals surface area (Å²) >= 11 is 0. The van der Waals surface area contributed by atoms with Gasteiger partial charge in [0, 0.05) is 37.4 Å². The molecule has 0 unspecified atom stereocenters. The number of benzene rings is 1. The molecule has 1 aromatic carbocycles. The number of hydrogen-bond donors (Lipinski definition) is 3. The van der Waals surface area contributed by atoms with Crippen molar-refractivity contribution in [2.45, 2.75) is 77.6 Å². The Balaban J connectivity index is 0.00000385. The van der Waals surface area contributed by atoms with Crippen molar-refractivity contribution in [1.82, 2.24) is 16.0 Å². The third-order valence-electron chi connectivity index (χ3n) is 5.67. The van der Waals surface area contributed by atoms with Crippen LogP contribution in [0.15, 0.2) is 41.4 Å². The molecule has 7 nitrogen and oxygen atoms in total. The van der Waals surface area contributed by atoms with E-state index in [-0.39, 0.29) is 36.1 Å². The number of anilines is 1. The summed E-state index contributed by atoms with van der Waals surface area (Å²) in [5.41, 5.74) is 1.99. The van der Waals surface area contributed by atoms with Gasteiger partial charge in [0.15, 0.2) is 5.96 Å². The van der Waals surface area contributed by atoms with E-state index >= 15 is 0 Å². The fraction of sp³-hybridized carbons (Fsp3) is 0.600. The molecule has 0 atom stereocenters. The van der Waals surface area contributed by atoms with E-state index in [4.69, 9.17) is 9.73 Å². The van der Waals surface area contributed by atoms with Crippen molar-refractivity contribution in [3.63, 3.8) is 0 Å². The molecule has 1 aliphatic heterocycles. The van der Waals surface area contributed by atoms with Crippen LogP contribution in [0.5, 0.6) is 0 Å². The zero-order chi connectivity index (χ0) is 23.0. The summed E-state index contributed by atoms with van der Waals surface area (Å²) < 4.78 is 5.37. The van der Waals surface area contributed by atoms with E-state index < -0.39 is 5.60 Å². The highest BCUT2D eigenvalue weighted by atomic mass is 127. The minimum atomic E-state index is -0.467. The summed E-state index contributed by atoms with van der Waals surface area (Å²) in [6.07, 6.45) is 7.93. The van der Waals surface area contributed by atoms with E-state index in [1.165, 1.54) is 11.3 Å². The molecule has 3 N–H and O–H groups in total. The number of amides is 1. The molecular formula is C25H40IN5O2. The normalized spacial score (nSPS) is 20.7. The number of aliphatic imine (C=N–C) groups is 1. The topological polar surface area (TPSA) is 78.0 Å². The number of nitrogens with one attached hydrogen (secondary N) is 3. The van der Waals surface area contributed by atoms with Gasteiger partial charge in [0.05, 0.1) is 6.54 Å². The first-order valence-corrected chi connectivity index (χ1v) is 11.9. The van der Waals surface area contributed by atoms with E-state index in [0.717, 1.165) is 51.3 Å². The van der Waals surface area contributed by atoms with Crippen LogP contribution in [-0.2, 0) is 11.3 Å². The molecule has 8 heteroatoms. The molecular weight excluding hydrogens is 529 g/mol. The number of hydrogen-bond acceptors (Lipinski definition) is 4. The summed E-state index contributed by atoms with van der Waals surface area (Å²) in [5, 5.41) is 9.94. The molecule has 184 valence electrons. The Hall–Kier alpha value is -1.97. The Morgan fingerprint density at radius 3 is 2.15 bits per heavy atom. The molecule has 1 heterocycles. The summed E-state index contributed by atoms with van der Waals surface area (Å²) in [6.45, 7) is 11.2. The lowest BCUT2D eigenvalue weighted by molar-refractivity contribution is 0.0490. The van der Waals surface area contributed by atoms with Crippen molar-refractivity contribution in [2.24, 2.45) is 4.99 Å². The number of rotatable bonds is 6. The van der Waals surface area contributed by atoms with Gasteiger partial charge in [-0.15, -0.1) is 24.0 Å². The van der Waals surface area contributed by atoms with Gasteiger partial charge >= 0.3 is 6.09 Å². The Kier molecular flexibility index (Phi) is 10.8. The van der Waals surface area contributed by atoms with E-state index in [1.807, 2.05) is 20.8 Å². The summed E-state index contributed by atoms with van der Waals surface area (Å²) in [5.74, 6) is 0.851. The van der Waals surface area contributed by atoms with Gasteiger partial charge in [-0.2, -0.15) is 0 Å². The van der Waals surface area contributed by atoms with Crippen LogP contribution < -0.4 is 20.9 Å². The second kappa shape index (κ2) is 13.1. The maximum Gasteiger partial charge on any atom is 0.407 e. The number of carbonyl (C=O) groups excluding carboxylic acids is 1. The third kappa shape index (κ3) is 9.43. The first-order chi connectivity index (χ1) is 15.3. The van der Waals surface area contributed by atoms with Gasteiger partial charge in [-0.05, 0) is 71.1 Å². The Morgan fingerprint density at radius 2 is 1.61 bits per heavy atom. The fourth-order valence-corrected chi connectivity index (χ4v) is 4.04. The fourth-order valence-electron chi connectivity index (χ4n) is 4.04. The van der Waals surface area contributed by atoms with E-state index in [1.54, 1.807) is 0 Å². The molecule has 1 aliphatic carbocycles. The molecule has 3 rings (SSSR count). The van der Waals surface area contributed by atoms with Crippen LogP contribution in [-0.4, -0.2) is 49.4 Å². The average Bonchev–Trinajstić information content (AvgIpc) is 3.27. The van der Waals surface area contributed by atoms with Crippen molar-refractivity contribution in [2.75, 3.05) is 24.5 Å². The van der Waals surface area contributed by atoms with Gasteiger partial charge in [-0.1, -0.05) is 24.3 Å². The van der Waals surface area contributed by atoms with E-state index in [9.17, 15) is 4.79 Å². The highest BCUT2D eigenvalue weighted by Crippen LogP contribution is 2.20. The van der Waals surface area contributed by atoms with Crippen LogP contribution in [0.1, 0.15) is 58.9 Å². The number of alkyl carbamates (subject to hydrolysis) is 1. The van der Waals surface area contributed by atoms with E-state index in [0.29, 0.717) is 12.6 Å². The summed E-state index contributed by atoms with van der Waals surface area (Å²) in [4.78, 5) is 19.1. The van der Waals surface area contributed by atoms with Crippen LogP contribution in [0.4, 0.5) is 10.5 Å². The minimum Gasteiger partial charge on any atom is -0.444 e. The Bertz CT molecular complexity index is 788. The van der Waals surface area contributed by atoms with Crippen molar-refractivity contribution < 1.29 is 9.53 Å². The molecule has 0 saturated heterocycles. The van der Waals surface area contributed by atoms with Gasteiger partial charge in [0.1, 0.15) is 5.60 Å². The molecule has 1 aromatic rings. The van der Waals surface area contributed by atoms with Crippen LogP contribution >= 0.6 is 24.0 Å². The zero-order valence-electron chi connectivity index (χ0n) is 20.4. The van der Waals surface area contributed by atoms with Crippen molar-refractivity contribution >= 4 is 41.7 Å². The Labute approximate surface area is 215 Å². The average molecular weight is 570 g/mol. The largest absolute Gasteiger partial charge is 0.444 e. The van der Waals surface area contributed by atoms with Gasteiger partial charge in [0.2, 0.25) is 0 Å². The molecule has 1 fully saturated rings. The number of nitrogens with zero attached hydrogens (tertiary/aromatic N) is 2. The molecule has 0 aromatic heterocycles. The SMILES string of the molecule is CCNC(=NCc1ccc(N2CC=CC2)cc1)NC1CCC(NC(=O)OC(C)(C)C)CC1.I. The zero-order valence-corrected chi connectivity index (χ0v) is 22.7. The smallest absolute Gasteiger partial charge is 0.407 e. The molecule has 0 bridgehead atoms. The van der Waals surface area contributed by atoms with Crippen LogP contribution in [0.3, 0.4) is 0 Å². The Morgan fingerprint density at radius 1 is 1.03 bits per heavy atom. The molecule has 33 heavy (non-hydrogen) atoms. The number of halogens is 1. The lowest BCUT2D eigenvalue weighted by Crippen LogP contribution is -2.48. The highest BCUT2D eigenvalue weighted by molar-refractivity contribution is 14.0. The van der Waals surface area contributed by atoms with Gasteiger partial charge in [0.25, 0.3) is 0 Å². The maximum absolute atomic E-state index is 12.0. The molecule has 1 saturated carbocycles. The summed E-state index contributed by atoms with van der Waals surface area (Å²) in [6, 6.07) is 9.21. The van der Waals surface area contributed by atoms with Crippen molar-refractivity contribution in [3.05, 3.63) is 42.0 Å². The lowest BCUT2D eigenvalue weighted by Gasteiger charge is -2.31. The first-order valence-electron chi connectivity index (χ1n) is 11.9. The molecule has 1 amide bonds. The second-order valence-electron chi connectivity index (χ2n) is 9.58. The standard InChI is InChI=1S/C25H39N5O2.HI/c1-5-26-23(27-18-19-8-14-22(15-9-19)30-16-6-7-17-30)28-20-10-12-21(13-11-20)29-24(31)32-25(2,3)4;/h6-9,14-15,20-21H,5,10-13,16-18H2,1-4H3,(H,29,31)(H2,26,27,28);1H. The molecule has 0 radical (unpaired) electrons. The quantitative estimate of drug-likeness (QED) is 0.203. The van der Waals surface area contributed by atoms with Crippen molar-refractivity contribution in [1.29, 1.82) is 0 Å².